The minimum atomic E-state index is -0.950. The fourth-order valence-electron chi connectivity index (χ4n) is 0.266. The van der Waals surface area contributed by atoms with Crippen molar-refractivity contribution in [3.05, 3.63) is 0 Å². The second-order valence-corrected chi connectivity index (χ2v) is 3.88. The van der Waals surface area contributed by atoms with Crippen molar-refractivity contribution in [1.29, 1.82) is 0 Å². The minimum absolute atomic E-state index is 0.133. The van der Waals surface area contributed by atoms with Gasteiger partial charge in [0.2, 0.25) is 0 Å². The zero-order valence-electron chi connectivity index (χ0n) is 14.4. The number of hydrogen-bond donors (Lipinski definition) is 5. The molecule has 0 aliphatic rings. The van der Waals surface area contributed by atoms with Crippen LogP contribution in [0.2, 0.25) is 0 Å². The molecule has 0 aromatic carbocycles. The van der Waals surface area contributed by atoms with Gasteiger partial charge in [-0.05, 0) is 0 Å². The van der Waals surface area contributed by atoms with Gasteiger partial charge in [-0.3, -0.25) is 19.2 Å². The maximum Gasteiger partial charge on any atom is 0.303 e. The van der Waals surface area contributed by atoms with Gasteiger partial charge in [-0.1, -0.05) is 20.8 Å². The number of carbonyl (C=O) groups excluding carboxylic acids is 1. The summed E-state index contributed by atoms with van der Waals surface area (Å²) in [5, 5.41) is 40.0. The van der Waals surface area contributed by atoms with E-state index in [-0.39, 0.29) is 32.5 Å². The summed E-state index contributed by atoms with van der Waals surface area (Å²) in [6, 6.07) is 0. The number of carbonyl (C=O) groups is 4. The average Bonchev–Trinajstić information content (AvgIpc) is 2.53. The van der Waals surface area contributed by atoms with Crippen molar-refractivity contribution >= 4 is 23.9 Å². The van der Waals surface area contributed by atoms with Crippen LogP contribution in [-0.2, 0) is 23.9 Å². The Labute approximate surface area is 140 Å². The molecule has 1 unspecified atom stereocenters. The van der Waals surface area contributed by atoms with Crippen molar-refractivity contribution in [2.24, 2.45) is 0 Å². The summed E-state index contributed by atoms with van der Waals surface area (Å²) in [7, 11) is 0. The zero-order valence-corrected chi connectivity index (χ0v) is 14.4. The lowest BCUT2D eigenvalue weighted by Crippen LogP contribution is -2.20. The van der Waals surface area contributed by atoms with Crippen LogP contribution in [-0.4, -0.2) is 68.7 Å². The van der Waals surface area contributed by atoms with Crippen LogP contribution in [0.4, 0.5) is 0 Å². The van der Waals surface area contributed by atoms with Crippen molar-refractivity contribution in [1.82, 2.24) is 0 Å². The van der Waals surface area contributed by atoms with Gasteiger partial charge < -0.3 is 30.3 Å². The zero-order chi connectivity index (χ0) is 20.1. The van der Waals surface area contributed by atoms with Crippen LogP contribution < -0.4 is 0 Å². The molecule has 24 heavy (non-hydrogen) atoms. The maximum absolute atomic E-state index is 10.0. The molecule has 0 saturated heterocycles. The van der Waals surface area contributed by atoms with Gasteiger partial charge in [0.1, 0.15) is 12.7 Å². The van der Waals surface area contributed by atoms with Crippen molar-refractivity contribution < 1.29 is 49.4 Å². The second kappa shape index (κ2) is 23.1. The SMILES string of the molecule is CC(=O)OCC(O)CO.CCC(=O)O.CCC(=O)O.CCC(=O)O. The smallest absolute Gasteiger partial charge is 0.303 e. The first-order chi connectivity index (χ1) is 11.0. The lowest BCUT2D eigenvalue weighted by Gasteiger charge is -2.05. The molecule has 10 heteroatoms. The third-order valence-corrected chi connectivity index (χ3v) is 1.60. The van der Waals surface area contributed by atoms with Crippen molar-refractivity contribution in [2.45, 2.75) is 53.1 Å². The molecule has 0 spiro atoms. The molecular formula is C14H28O10. The van der Waals surface area contributed by atoms with Crippen molar-refractivity contribution in [3.63, 3.8) is 0 Å². The van der Waals surface area contributed by atoms with Crippen molar-refractivity contribution in [2.75, 3.05) is 13.2 Å². The van der Waals surface area contributed by atoms with Gasteiger partial charge >= 0.3 is 23.9 Å². The van der Waals surface area contributed by atoms with Gasteiger partial charge in [-0.2, -0.15) is 0 Å². The number of carboxylic acids is 3. The van der Waals surface area contributed by atoms with Crippen molar-refractivity contribution in [3.8, 4) is 0 Å². The molecule has 0 bridgehead atoms. The highest BCUT2D eigenvalue weighted by atomic mass is 16.5. The van der Waals surface area contributed by atoms with Gasteiger partial charge in [0.15, 0.2) is 0 Å². The molecule has 10 nitrogen and oxygen atoms in total. The Bertz CT molecular complexity index is 307. The van der Waals surface area contributed by atoms with Crippen LogP contribution in [0, 0.1) is 0 Å². The van der Waals surface area contributed by atoms with Crippen LogP contribution >= 0.6 is 0 Å². The van der Waals surface area contributed by atoms with E-state index in [1.54, 1.807) is 20.8 Å². The summed E-state index contributed by atoms with van der Waals surface area (Å²) in [5.74, 6) is -2.69. The van der Waals surface area contributed by atoms with E-state index in [1.807, 2.05) is 0 Å². The Hall–Kier alpha value is -2.20. The molecule has 0 amide bonds. The number of aliphatic hydroxyl groups is 2. The number of carboxylic acid groups (broad SMARTS) is 3. The number of ether oxygens (including phenoxy) is 1. The van der Waals surface area contributed by atoms with E-state index in [9.17, 15) is 19.2 Å². The van der Waals surface area contributed by atoms with Gasteiger partial charge in [-0.15, -0.1) is 0 Å². The van der Waals surface area contributed by atoms with E-state index < -0.39 is 30.0 Å². The van der Waals surface area contributed by atoms with Gasteiger partial charge in [0, 0.05) is 26.2 Å². The standard InChI is InChI=1S/C5H10O4.3C3H6O2/c1-4(7)9-3-5(8)2-6;3*1-2-3(4)5/h5-6,8H,2-3H2,1H3;3*2H2,1H3,(H,4,5). The molecule has 0 rings (SSSR count). The number of aliphatic hydroxyl groups excluding tert-OH is 2. The fraction of sp³-hybridized carbons (Fsp3) is 0.714. The van der Waals surface area contributed by atoms with Gasteiger partial charge in [0.25, 0.3) is 0 Å². The van der Waals surface area contributed by atoms with Gasteiger partial charge in [0.05, 0.1) is 6.61 Å². The Morgan fingerprint density at radius 1 is 0.833 bits per heavy atom. The maximum atomic E-state index is 10.0. The highest BCUT2D eigenvalue weighted by Gasteiger charge is 2.02. The summed E-state index contributed by atoms with van der Waals surface area (Å²) in [6.45, 7) is 5.52. The average molecular weight is 356 g/mol. The fourth-order valence-corrected chi connectivity index (χ4v) is 0.266. The quantitative estimate of drug-likeness (QED) is 0.417. The van der Waals surface area contributed by atoms with Crippen LogP contribution in [0.1, 0.15) is 47.0 Å². The molecule has 0 aliphatic carbocycles. The monoisotopic (exact) mass is 356 g/mol. The molecule has 1 atom stereocenters. The third-order valence-electron chi connectivity index (χ3n) is 1.60. The molecule has 0 radical (unpaired) electrons. The highest BCUT2D eigenvalue weighted by Crippen LogP contribution is 1.83. The normalized spacial score (nSPS) is 9.42. The first-order valence-electron chi connectivity index (χ1n) is 7.05. The lowest BCUT2D eigenvalue weighted by molar-refractivity contribution is -0.144. The topological polar surface area (TPSA) is 179 Å². The molecule has 0 saturated carbocycles. The number of hydrogen-bond acceptors (Lipinski definition) is 7. The van der Waals surface area contributed by atoms with E-state index in [0.29, 0.717) is 0 Å². The summed E-state index contributed by atoms with van der Waals surface area (Å²) in [4.78, 5) is 38.2. The largest absolute Gasteiger partial charge is 0.481 e. The molecule has 0 aromatic heterocycles. The molecule has 0 aliphatic heterocycles. The Morgan fingerprint density at radius 3 is 1.21 bits per heavy atom. The Morgan fingerprint density at radius 2 is 1.08 bits per heavy atom. The lowest BCUT2D eigenvalue weighted by atomic mass is 10.4. The molecule has 5 N–H and O–H groups in total. The minimum Gasteiger partial charge on any atom is -0.481 e. The van der Waals surface area contributed by atoms with Crippen LogP contribution in [0.5, 0.6) is 0 Å². The number of aliphatic carboxylic acids is 3. The Balaban J connectivity index is -0.000000116. The second-order valence-electron chi connectivity index (χ2n) is 3.88. The number of rotatable bonds is 6. The predicted molar refractivity (Wildman–Crippen MR) is 83.5 cm³/mol. The summed E-state index contributed by atoms with van der Waals surface area (Å²) < 4.78 is 4.35. The summed E-state index contributed by atoms with van der Waals surface area (Å²) >= 11 is 0. The molecule has 0 fully saturated rings. The van der Waals surface area contributed by atoms with E-state index in [0.717, 1.165) is 0 Å². The molecule has 144 valence electrons. The van der Waals surface area contributed by atoms with Gasteiger partial charge in [-0.25, -0.2) is 0 Å². The van der Waals surface area contributed by atoms with Crippen LogP contribution in [0.3, 0.4) is 0 Å². The van der Waals surface area contributed by atoms with E-state index >= 15 is 0 Å². The molecule has 0 heterocycles. The van der Waals surface area contributed by atoms with E-state index in [1.165, 1.54) is 6.92 Å². The highest BCUT2D eigenvalue weighted by molar-refractivity contribution is 5.66. The predicted octanol–water partition coefficient (Wildman–Crippen LogP) is 0.346. The van der Waals surface area contributed by atoms with Crippen LogP contribution in [0.15, 0.2) is 0 Å². The Kier molecular flexibility index (Phi) is 28.6. The molecule has 0 aromatic rings. The van der Waals surface area contributed by atoms with Crippen LogP contribution in [0.25, 0.3) is 0 Å². The molecular weight excluding hydrogens is 328 g/mol. The number of esters is 1. The third kappa shape index (κ3) is 60.0. The first-order valence-corrected chi connectivity index (χ1v) is 7.05. The van der Waals surface area contributed by atoms with E-state index in [2.05, 4.69) is 4.74 Å². The van der Waals surface area contributed by atoms with E-state index in [4.69, 9.17) is 25.5 Å². The first kappa shape index (κ1) is 29.8. The summed E-state index contributed by atoms with van der Waals surface area (Å²) in [5.41, 5.74) is 0. The summed E-state index contributed by atoms with van der Waals surface area (Å²) in [6.07, 6.45) is -0.283.